The summed E-state index contributed by atoms with van der Waals surface area (Å²) in [5.41, 5.74) is 7.89. The van der Waals surface area contributed by atoms with E-state index in [2.05, 4.69) is 16.6 Å². The van der Waals surface area contributed by atoms with Crippen molar-refractivity contribution in [1.82, 2.24) is 0 Å². The van der Waals surface area contributed by atoms with Gasteiger partial charge in [-0.3, -0.25) is 0 Å². The molecule has 0 spiro atoms. The van der Waals surface area contributed by atoms with E-state index in [1.165, 1.54) is 0 Å². The summed E-state index contributed by atoms with van der Waals surface area (Å²) >= 11 is 0. The van der Waals surface area contributed by atoms with Crippen LogP contribution in [0.3, 0.4) is 0 Å². The first-order valence-corrected chi connectivity index (χ1v) is 2.46. The van der Waals surface area contributed by atoms with Gasteiger partial charge >= 0.3 is 0 Å². The number of nitrogens with zero attached hydrogens (tertiary/aromatic N) is 3. The van der Waals surface area contributed by atoms with Crippen molar-refractivity contribution in [1.29, 1.82) is 0 Å². The van der Waals surface area contributed by atoms with Gasteiger partial charge in [-0.25, -0.2) is 0 Å². The van der Waals surface area contributed by atoms with Gasteiger partial charge in [-0.05, 0) is 12.0 Å². The molecule has 0 saturated heterocycles. The number of hydrogen-bond acceptors (Lipinski definition) is 1. The highest BCUT2D eigenvalue weighted by Gasteiger charge is 1.90. The normalized spacial score (nSPS) is 11.6. The molecule has 1 unspecified atom stereocenters. The standard InChI is InChI=1S/C5H9N3/c1-3-4-5(2)7-8-6/h3,5H,1,4H2,2H3. The molecule has 8 heavy (non-hydrogen) atoms. The molecule has 0 radical (unpaired) electrons. The maximum absolute atomic E-state index is 7.89. The molecule has 0 rings (SSSR count). The van der Waals surface area contributed by atoms with Crippen LogP contribution in [0, 0.1) is 0 Å². The fraction of sp³-hybridized carbons (Fsp3) is 0.600. The summed E-state index contributed by atoms with van der Waals surface area (Å²) in [7, 11) is 0. The Labute approximate surface area is 48.6 Å². The number of hydrogen-bond donors (Lipinski definition) is 0. The predicted molar refractivity (Wildman–Crippen MR) is 33.4 cm³/mol. The van der Waals surface area contributed by atoms with E-state index in [-0.39, 0.29) is 6.04 Å². The molecule has 0 aliphatic carbocycles. The first-order chi connectivity index (χ1) is 3.81. The van der Waals surface area contributed by atoms with Crippen molar-refractivity contribution in [2.75, 3.05) is 0 Å². The van der Waals surface area contributed by atoms with Crippen LogP contribution in [0.5, 0.6) is 0 Å². The van der Waals surface area contributed by atoms with Gasteiger partial charge in [0.05, 0.1) is 0 Å². The smallest absolute Gasteiger partial charge is 0.0380 e. The van der Waals surface area contributed by atoms with Crippen molar-refractivity contribution >= 4 is 0 Å². The van der Waals surface area contributed by atoms with E-state index < -0.39 is 0 Å². The van der Waals surface area contributed by atoms with Gasteiger partial charge in [-0.15, -0.1) is 6.58 Å². The van der Waals surface area contributed by atoms with Crippen LogP contribution in [0.2, 0.25) is 0 Å². The summed E-state index contributed by atoms with van der Waals surface area (Å²) < 4.78 is 0. The summed E-state index contributed by atoms with van der Waals surface area (Å²) in [6.45, 7) is 5.35. The Hall–Kier alpha value is -0.950. The highest BCUT2D eigenvalue weighted by atomic mass is 15.1. The molecule has 0 heterocycles. The SMILES string of the molecule is C=CCC(C)N=[N+]=[N-]. The van der Waals surface area contributed by atoms with Crippen molar-refractivity contribution in [3.63, 3.8) is 0 Å². The third-order valence-electron chi connectivity index (χ3n) is 0.757. The molecular formula is C5H9N3. The van der Waals surface area contributed by atoms with Crippen LogP contribution in [0.1, 0.15) is 13.3 Å². The van der Waals surface area contributed by atoms with Gasteiger partial charge in [0.25, 0.3) is 0 Å². The molecule has 0 aliphatic heterocycles. The Morgan fingerprint density at radius 2 is 2.62 bits per heavy atom. The van der Waals surface area contributed by atoms with E-state index in [1.807, 2.05) is 6.92 Å². The van der Waals surface area contributed by atoms with Gasteiger partial charge in [0.1, 0.15) is 0 Å². The molecule has 0 fully saturated rings. The minimum atomic E-state index is 0.0532. The fourth-order valence-electron chi connectivity index (χ4n) is 0.376. The Morgan fingerprint density at radius 1 is 2.00 bits per heavy atom. The van der Waals surface area contributed by atoms with Gasteiger partial charge < -0.3 is 0 Å². The summed E-state index contributed by atoms with van der Waals surface area (Å²) in [4.78, 5) is 2.63. The van der Waals surface area contributed by atoms with Gasteiger partial charge in [-0.2, -0.15) is 0 Å². The third kappa shape index (κ3) is 3.25. The van der Waals surface area contributed by atoms with Crippen molar-refractivity contribution in [2.45, 2.75) is 19.4 Å². The molecule has 0 aromatic carbocycles. The quantitative estimate of drug-likeness (QED) is 0.232. The number of azide groups is 1. The largest absolute Gasteiger partial charge is 0.103 e. The molecule has 0 bridgehead atoms. The summed E-state index contributed by atoms with van der Waals surface area (Å²) in [6, 6.07) is 0.0532. The highest BCUT2D eigenvalue weighted by Crippen LogP contribution is 1.95. The highest BCUT2D eigenvalue weighted by molar-refractivity contribution is 4.74. The van der Waals surface area contributed by atoms with Crippen LogP contribution in [-0.4, -0.2) is 6.04 Å². The van der Waals surface area contributed by atoms with Gasteiger partial charge in [-0.1, -0.05) is 18.1 Å². The van der Waals surface area contributed by atoms with E-state index in [0.29, 0.717) is 0 Å². The van der Waals surface area contributed by atoms with Crippen LogP contribution in [0.4, 0.5) is 0 Å². The molecule has 0 aromatic heterocycles. The van der Waals surface area contributed by atoms with Gasteiger partial charge in [0, 0.05) is 11.0 Å². The monoisotopic (exact) mass is 111 g/mol. The molecule has 44 valence electrons. The second-order valence-electron chi connectivity index (χ2n) is 1.58. The third-order valence-corrected chi connectivity index (χ3v) is 0.757. The molecular weight excluding hydrogens is 102 g/mol. The summed E-state index contributed by atoms with van der Waals surface area (Å²) in [5.74, 6) is 0. The molecule has 0 N–H and O–H groups in total. The number of rotatable bonds is 3. The van der Waals surface area contributed by atoms with Crippen LogP contribution in [0.15, 0.2) is 17.8 Å². The van der Waals surface area contributed by atoms with Gasteiger partial charge in [0.15, 0.2) is 0 Å². The second kappa shape index (κ2) is 4.22. The molecule has 0 saturated carbocycles. The second-order valence-corrected chi connectivity index (χ2v) is 1.58. The zero-order valence-electron chi connectivity index (χ0n) is 4.91. The van der Waals surface area contributed by atoms with E-state index in [4.69, 9.17) is 5.53 Å². The van der Waals surface area contributed by atoms with Crippen molar-refractivity contribution in [3.8, 4) is 0 Å². The topological polar surface area (TPSA) is 48.8 Å². The van der Waals surface area contributed by atoms with E-state index >= 15 is 0 Å². The molecule has 3 heteroatoms. The van der Waals surface area contributed by atoms with Crippen LogP contribution in [0.25, 0.3) is 10.4 Å². The zero-order valence-corrected chi connectivity index (χ0v) is 4.91. The maximum atomic E-state index is 7.89. The van der Waals surface area contributed by atoms with Crippen LogP contribution < -0.4 is 0 Å². The molecule has 1 atom stereocenters. The molecule has 0 aromatic rings. The van der Waals surface area contributed by atoms with E-state index in [0.717, 1.165) is 6.42 Å². The average molecular weight is 111 g/mol. The first kappa shape index (κ1) is 7.05. The Bertz CT molecular complexity index is 113. The van der Waals surface area contributed by atoms with Gasteiger partial charge in [0.2, 0.25) is 0 Å². The lowest BCUT2D eigenvalue weighted by atomic mass is 10.2. The zero-order chi connectivity index (χ0) is 6.41. The predicted octanol–water partition coefficient (Wildman–Crippen LogP) is 2.26. The average Bonchev–Trinajstić information content (AvgIpc) is 1.68. The lowest BCUT2D eigenvalue weighted by Crippen LogP contribution is -1.90. The lowest BCUT2D eigenvalue weighted by Gasteiger charge is -1.93. The van der Waals surface area contributed by atoms with E-state index in [1.54, 1.807) is 6.08 Å². The summed E-state index contributed by atoms with van der Waals surface area (Å²) in [5, 5.41) is 3.42. The lowest BCUT2D eigenvalue weighted by molar-refractivity contribution is 0.751. The minimum absolute atomic E-state index is 0.0532. The Balaban J connectivity index is 3.46. The van der Waals surface area contributed by atoms with Crippen LogP contribution in [-0.2, 0) is 0 Å². The minimum Gasteiger partial charge on any atom is -0.103 e. The molecule has 3 nitrogen and oxygen atoms in total. The van der Waals surface area contributed by atoms with Crippen molar-refractivity contribution in [2.24, 2.45) is 5.11 Å². The van der Waals surface area contributed by atoms with Crippen molar-refractivity contribution in [3.05, 3.63) is 23.1 Å². The first-order valence-electron chi connectivity index (χ1n) is 2.46. The fourth-order valence-corrected chi connectivity index (χ4v) is 0.376. The Kier molecular flexibility index (Phi) is 3.71. The van der Waals surface area contributed by atoms with E-state index in [9.17, 15) is 0 Å². The Morgan fingerprint density at radius 3 is 3.00 bits per heavy atom. The van der Waals surface area contributed by atoms with Crippen molar-refractivity contribution < 1.29 is 0 Å². The maximum Gasteiger partial charge on any atom is 0.0380 e. The summed E-state index contributed by atoms with van der Waals surface area (Å²) in [6.07, 6.45) is 2.49. The molecule has 0 aliphatic rings. The molecule has 0 amide bonds. The van der Waals surface area contributed by atoms with Crippen LogP contribution >= 0.6 is 0 Å².